The number of ether oxygens (including phenoxy) is 1. The Morgan fingerprint density at radius 1 is 1.39 bits per heavy atom. The number of hydrogen-bond acceptors (Lipinski definition) is 5. The predicted octanol–water partition coefficient (Wildman–Crippen LogP) is 2.29. The van der Waals surface area contributed by atoms with E-state index in [0.717, 1.165) is 16.8 Å². The van der Waals surface area contributed by atoms with E-state index in [-0.39, 0.29) is 17.7 Å². The fraction of sp³-hybridized carbons (Fsp3) is 0.400. The third-order valence-corrected chi connectivity index (χ3v) is 3.63. The van der Waals surface area contributed by atoms with Gasteiger partial charge in [0.15, 0.2) is 5.16 Å². The summed E-state index contributed by atoms with van der Waals surface area (Å²) in [5.74, 6) is 0.496. The van der Waals surface area contributed by atoms with Crippen molar-refractivity contribution in [1.29, 1.82) is 0 Å². The van der Waals surface area contributed by atoms with Crippen LogP contribution >= 0.6 is 11.8 Å². The number of carbonyl (C=O) groups is 2. The largest absolute Gasteiger partial charge is 0.494 e. The second-order valence-electron chi connectivity index (χ2n) is 5.12. The Bertz CT molecular complexity index is 699. The van der Waals surface area contributed by atoms with Gasteiger partial charge in [-0.3, -0.25) is 10.1 Å². The number of rotatable bonds is 6. The van der Waals surface area contributed by atoms with Gasteiger partial charge in [0.25, 0.3) is 0 Å². The molecule has 0 atom stereocenters. The molecule has 0 radical (unpaired) electrons. The monoisotopic (exact) mass is 336 g/mol. The molecule has 0 bridgehead atoms. The van der Waals surface area contributed by atoms with E-state index < -0.39 is 6.03 Å². The van der Waals surface area contributed by atoms with Gasteiger partial charge in [-0.1, -0.05) is 11.8 Å². The first-order valence-electron chi connectivity index (χ1n) is 7.33. The standard InChI is InChI=1S/C15H20N4O3S/c1-4-22-10-5-6-11-12(7-10)18-15(17-11)23-8-13(20)19-14(21)16-9(2)3/h5-7,9H,4,8H2,1-3H3,(H,17,18)(H2,16,19,20,21). The van der Waals surface area contributed by atoms with Crippen LogP contribution in [0.4, 0.5) is 4.79 Å². The highest BCUT2D eigenvalue weighted by molar-refractivity contribution is 7.99. The molecule has 23 heavy (non-hydrogen) atoms. The summed E-state index contributed by atoms with van der Waals surface area (Å²) in [6.07, 6.45) is 0. The van der Waals surface area contributed by atoms with Crippen molar-refractivity contribution in [2.24, 2.45) is 0 Å². The lowest BCUT2D eigenvalue weighted by Gasteiger charge is -2.08. The summed E-state index contributed by atoms with van der Waals surface area (Å²) in [5.41, 5.74) is 1.64. The summed E-state index contributed by atoms with van der Waals surface area (Å²) >= 11 is 1.23. The molecule has 0 aliphatic carbocycles. The number of nitrogens with zero attached hydrogens (tertiary/aromatic N) is 1. The molecule has 0 unspecified atom stereocenters. The number of fused-ring (bicyclic) bond motifs is 1. The molecule has 0 aliphatic heterocycles. The molecule has 0 fully saturated rings. The van der Waals surface area contributed by atoms with Crippen molar-refractivity contribution in [3.63, 3.8) is 0 Å². The van der Waals surface area contributed by atoms with Crippen LogP contribution in [0, 0.1) is 0 Å². The maximum Gasteiger partial charge on any atom is 0.321 e. The first kappa shape index (κ1) is 17.1. The van der Waals surface area contributed by atoms with Gasteiger partial charge in [0, 0.05) is 12.1 Å². The number of hydrogen-bond donors (Lipinski definition) is 3. The van der Waals surface area contributed by atoms with Gasteiger partial charge in [0.1, 0.15) is 5.75 Å². The van der Waals surface area contributed by atoms with E-state index in [4.69, 9.17) is 4.74 Å². The smallest absolute Gasteiger partial charge is 0.321 e. The van der Waals surface area contributed by atoms with Gasteiger partial charge in [-0.25, -0.2) is 9.78 Å². The summed E-state index contributed by atoms with van der Waals surface area (Å²) in [7, 11) is 0. The maximum absolute atomic E-state index is 11.7. The lowest BCUT2D eigenvalue weighted by atomic mass is 10.3. The summed E-state index contributed by atoms with van der Waals surface area (Å²) in [6.45, 7) is 6.17. The number of thioether (sulfide) groups is 1. The van der Waals surface area contributed by atoms with Crippen molar-refractivity contribution in [3.05, 3.63) is 18.2 Å². The molecule has 124 valence electrons. The fourth-order valence-electron chi connectivity index (χ4n) is 1.89. The Kier molecular flexibility index (Phi) is 5.86. The van der Waals surface area contributed by atoms with Crippen molar-refractivity contribution in [2.75, 3.05) is 12.4 Å². The van der Waals surface area contributed by atoms with Crippen LogP contribution in [0.5, 0.6) is 5.75 Å². The molecule has 1 heterocycles. The van der Waals surface area contributed by atoms with Gasteiger partial charge >= 0.3 is 6.03 Å². The Labute approximate surface area is 138 Å². The van der Waals surface area contributed by atoms with Gasteiger partial charge in [-0.2, -0.15) is 0 Å². The minimum Gasteiger partial charge on any atom is -0.494 e. The van der Waals surface area contributed by atoms with Crippen LogP contribution in [-0.2, 0) is 4.79 Å². The summed E-state index contributed by atoms with van der Waals surface area (Å²) in [6, 6.07) is 5.06. The molecule has 7 nitrogen and oxygen atoms in total. The predicted molar refractivity (Wildman–Crippen MR) is 89.8 cm³/mol. The molecule has 3 N–H and O–H groups in total. The van der Waals surface area contributed by atoms with Crippen molar-refractivity contribution in [2.45, 2.75) is 32.0 Å². The van der Waals surface area contributed by atoms with Crippen molar-refractivity contribution >= 4 is 34.7 Å². The van der Waals surface area contributed by atoms with E-state index in [1.165, 1.54) is 11.8 Å². The molecule has 1 aromatic carbocycles. The van der Waals surface area contributed by atoms with Crippen LogP contribution in [-0.4, -0.2) is 40.3 Å². The summed E-state index contributed by atoms with van der Waals surface area (Å²) in [5, 5.41) is 5.48. The molecular formula is C15H20N4O3S. The van der Waals surface area contributed by atoms with E-state index >= 15 is 0 Å². The van der Waals surface area contributed by atoms with Crippen molar-refractivity contribution in [1.82, 2.24) is 20.6 Å². The maximum atomic E-state index is 11.7. The van der Waals surface area contributed by atoms with Crippen molar-refractivity contribution < 1.29 is 14.3 Å². The molecule has 0 saturated carbocycles. The highest BCUT2D eigenvalue weighted by atomic mass is 32.2. The van der Waals surface area contributed by atoms with Gasteiger partial charge in [-0.05, 0) is 32.9 Å². The molecule has 2 rings (SSSR count). The molecular weight excluding hydrogens is 316 g/mol. The number of benzene rings is 1. The number of H-pyrrole nitrogens is 1. The van der Waals surface area contributed by atoms with Crippen LogP contribution in [0.2, 0.25) is 0 Å². The van der Waals surface area contributed by atoms with Gasteiger partial charge in [0.2, 0.25) is 5.91 Å². The molecule has 0 saturated heterocycles. The minimum absolute atomic E-state index is 0.0228. The van der Waals surface area contributed by atoms with Crippen LogP contribution in [0.25, 0.3) is 11.0 Å². The Balaban J connectivity index is 1.91. The lowest BCUT2D eigenvalue weighted by molar-refractivity contribution is -0.117. The SMILES string of the molecule is CCOc1ccc2nc(SCC(=O)NC(=O)NC(C)C)[nH]c2c1. The number of aromatic amines is 1. The van der Waals surface area contributed by atoms with Gasteiger partial charge in [-0.15, -0.1) is 0 Å². The first-order valence-corrected chi connectivity index (χ1v) is 8.32. The second kappa shape index (κ2) is 7.87. The van der Waals surface area contributed by atoms with E-state index in [9.17, 15) is 9.59 Å². The molecule has 0 spiro atoms. The van der Waals surface area contributed by atoms with Gasteiger partial charge in [0.05, 0.1) is 23.4 Å². The number of aromatic nitrogens is 2. The van der Waals surface area contributed by atoms with E-state index in [1.54, 1.807) is 0 Å². The molecule has 0 aliphatic rings. The zero-order chi connectivity index (χ0) is 16.8. The quantitative estimate of drug-likeness (QED) is 0.703. The number of nitrogens with one attached hydrogen (secondary N) is 3. The third-order valence-electron chi connectivity index (χ3n) is 2.76. The first-order chi connectivity index (χ1) is 11.0. The van der Waals surface area contributed by atoms with Gasteiger partial charge < -0.3 is 15.0 Å². The minimum atomic E-state index is -0.489. The lowest BCUT2D eigenvalue weighted by Crippen LogP contribution is -2.43. The molecule has 8 heteroatoms. The molecule has 3 amide bonds. The summed E-state index contributed by atoms with van der Waals surface area (Å²) < 4.78 is 5.43. The zero-order valence-electron chi connectivity index (χ0n) is 13.3. The number of imidazole rings is 1. The molecule has 2 aromatic rings. The average molecular weight is 336 g/mol. The Hall–Kier alpha value is -2.22. The number of amides is 3. The third kappa shape index (κ3) is 5.17. The normalized spacial score (nSPS) is 10.8. The van der Waals surface area contributed by atoms with Crippen LogP contribution in [0.3, 0.4) is 0 Å². The van der Waals surface area contributed by atoms with Crippen LogP contribution < -0.4 is 15.4 Å². The van der Waals surface area contributed by atoms with Crippen molar-refractivity contribution in [3.8, 4) is 5.75 Å². The number of urea groups is 1. The topological polar surface area (TPSA) is 96.1 Å². The van der Waals surface area contributed by atoms with E-state index in [1.807, 2.05) is 39.0 Å². The summed E-state index contributed by atoms with van der Waals surface area (Å²) in [4.78, 5) is 30.6. The molecule has 1 aromatic heterocycles. The number of carbonyl (C=O) groups excluding carboxylic acids is 2. The highest BCUT2D eigenvalue weighted by Gasteiger charge is 2.11. The fourth-order valence-corrected chi connectivity index (χ4v) is 2.57. The zero-order valence-corrected chi connectivity index (χ0v) is 14.1. The van der Waals surface area contributed by atoms with E-state index in [2.05, 4.69) is 20.6 Å². The second-order valence-corrected chi connectivity index (χ2v) is 6.08. The highest BCUT2D eigenvalue weighted by Crippen LogP contribution is 2.23. The Morgan fingerprint density at radius 2 is 2.17 bits per heavy atom. The Morgan fingerprint density at radius 3 is 2.87 bits per heavy atom. The van der Waals surface area contributed by atoms with E-state index in [0.29, 0.717) is 11.8 Å². The average Bonchev–Trinajstić information content (AvgIpc) is 2.86. The van der Waals surface area contributed by atoms with Crippen LogP contribution in [0.15, 0.2) is 23.4 Å². The number of imide groups is 1. The van der Waals surface area contributed by atoms with Crippen LogP contribution in [0.1, 0.15) is 20.8 Å².